The zero-order valence-electron chi connectivity index (χ0n) is 8.49. The predicted octanol–water partition coefficient (Wildman–Crippen LogP) is -0.632. The van der Waals surface area contributed by atoms with E-state index in [0.29, 0.717) is 25.2 Å². The largest absolute Gasteiger partial charge is 0.318 e. The lowest BCUT2D eigenvalue weighted by molar-refractivity contribution is -0.131. The molecular formula is C9H15N3O2. The Balaban J connectivity index is 2.60. The second kappa shape index (κ2) is 4.88. The highest BCUT2D eigenvalue weighted by atomic mass is 16.2. The molecule has 0 saturated carbocycles. The van der Waals surface area contributed by atoms with E-state index in [9.17, 15) is 9.59 Å². The van der Waals surface area contributed by atoms with Crippen LogP contribution < -0.4 is 5.32 Å². The van der Waals surface area contributed by atoms with Gasteiger partial charge in [-0.15, -0.1) is 0 Å². The molecule has 1 N–H and O–H groups in total. The van der Waals surface area contributed by atoms with E-state index in [4.69, 9.17) is 0 Å². The normalized spacial score (nSPS) is 17.0. The van der Waals surface area contributed by atoms with Crippen molar-refractivity contribution in [2.24, 2.45) is 0 Å². The van der Waals surface area contributed by atoms with Gasteiger partial charge in [0.2, 0.25) is 6.41 Å². The number of allylic oxidation sites excluding steroid dienone is 1. The summed E-state index contributed by atoms with van der Waals surface area (Å²) in [5, 5.41) is 6.19. The maximum Gasteiger partial charge on any atom is 0.228 e. The third-order valence-electron chi connectivity index (χ3n) is 2.13. The number of likely N-dealkylation sites (N-methyl/N-ethyl adjacent to an activating group) is 1. The van der Waals surface area contributed by atoms with Crippen molar-refractivity contribution in [2.45, 2.75) is 6.92 Å². The van der Waals surface area contributed by atoms with Gasteiger partial charge in [0, 0.05) is 26.6 Å². The first-order valence-electron chi connectivity index (χ1n) is 4.55. The lowest BCUT2D eigenvalue weighted by atomic mass is 10.3. The monoisotopic (exact) mass is 197 g/mol. The van der Waals surface area contributed by atoms with Gasteiger partial charge in [-0.25, -0.2) is 10.0 Å². The van der Waals surface area contributed by atoms with Crippen molar-refractivity contribution in [1.82, 2.24) is 15.3 Å². The van der Waals surface area contributed by atoms with Crippen molar-refractivity contribution in [2.75, 3.05) is 26.7 Å². The van der Waals surface area contributed by atoms with E-state index in [0.717, 1.165) is 6.54 Å². The molecule has 1 aliphatic rings. The SMILES string of the molecule is CNCCN1CC=C(C(C)=O)N1C=O. The minimum atomic E-state index is -0.0796. The van der Waals surface area contributed by atoms with Gasteiger partial charge < -0.3 is 5.32 Å². The molecule has 0 saturated heterocycles. The summed E-state index contributed by atoms with van der Waals surface area (Å²) in [6.07, 6.45) is 2.45. The number of rotatable bonds is 5. The summed E-state index contributed by atoms with van der Waals surface area (Å²) in [5.74, 6) is -0.0796. The van der Waals surface area contributed by atoms with E-state index in [1.54, 1.807) is 6.08 Å². The van der Waals surface area contributed by atoms with Crippen LogP contribution in [0, 0.1) is 0 Å². The highest BCUT2D eigenvalue weighted by Gasteiger charge is 2.25. The van der Waals surface area contributed by atoms with Crippen molar-refractivity contribution in [3.8, 4) is 0 Å². The first-order valence-corrected chi connectivity index (χ1v) is 4.55. The first kappa shape index (κ1) is 10.9. The molecule has 5 heteroatoms. The highest BCUT2D eigenvalue weighted by molar-refractivity contribution is 5.94. The Morgan fingerprint density at radius 3 is 2.93 bits per heavy atom. The van der Waals surface area contributed by atoms with Gasteiger partial charge in [0.05, 0.1) is 0 Å². The molecular weight excluding hydrogens is 182 g/mol. The third-order valence-corrected chi connectivity index (χ3v) is 2.13. The van der Waals surface area contributed by atoms with Gasteiger partial charge in [0.1, 0.15) is 5.70 Å². The van der Waals surface area contributed by atoms with E-state index in [1.165, 1.54) is 11.9 Å². The van der Waals surface area contributed by atoms with Gasteiger partial charge in [-0.1, -0.05) is 0 Å². The number of carbonyl (C=O) groups excluding carboxylic acids is 2. The number of ketones is 1. The highest BCUT2D eigenvalue weighted by Crippen LogP contribution is 2.14. The van der Waals surface area contributed by atoms with Gasteiger partial charge in [-0.3, -0.25) is 9.59 Å². The predicted molar refractivity (Wildman–Crippen MR) is 52.2 cm³/mol. The molecule has 1 rings (SSSR count). The van der Waals surface area contributed by atoms with Crippen LogP contribution in [0.1, 0.15) is 6.92 Å². The van der Waals surface area contributed by atoms with E-state index < -0.39 is 0 Å². The summed E-state index contributed by atoms with van der Waals surface area (Å²) < 4.78 is 0. The number of nitrogens with one attached hydrogen (secondary N) is 1. The zero-order chi connectivity index (χ0) is 10.6. The second-order valence-corrected chi connectivity index (χ2v) is 3.11. The van der Waals surface area contributed by atoms with E-state index >= 15 is 0 Å². The van der Waals surface area contributed by atoms with Crippen LogP contribution in [-0.4, -0.2) is 48.9 Å². The lowest BCUT2D eigenvalue weighted by Crippen LogP contribution is -2.41. The van der Waals surface area contributed by atoms with Crippen molar-refractivity contribution in [3.63, 3.8) is 0 Å². The maximum absolute atomic E-state index is 11.1. The Morgan fingerprint density at radius 1 is 1.71 bits per heavy atom. The summed E-state index contributed by atoms with van der Waals surface area (Å²) in [6, 6.07) is 0. The summed E-state index contributed by atoms with van der Waals surface area (Å²) in [4.78, 5) is 21.9. The second-order valence-electron chi connectivity index (χ2n) is 3.11. The average Bonchev–Trinajstić information content (AvgIpc) is 2.57. The molecule has 78 valence electrons. The molecule has 14 heavy (non-hydrogen) atoms. The minimum Gasteiger partial charge on any atom is -0.318 e. The van der Waals surface area contributed by atoms with Crippen molar-refractivity contribution in [1.29, 1.82) is 0 Å². The fourth-order valence-electron chi connectivity index (χ4n) is 1.39. The number of carbonyl (C=O) groups is 2. The first-order chi connectivity index (χ1) is 6.70. The summed E-state index contributed by atoms with van der Waals surface area (Å²) in [7, 11) is 1.85. The number of hydrogen-bond donors (Lipinski definition) is 1. The summed E-state index contributed by atoms with van der Waals surface area (Å²) in [5.41, 5.74) is 0.469. The molecule has 1 heterocycles. The van der Waals surface area contributed by atoms with Crippen molar-refractivity contribution >= 4 is 12.2 Å². The number of amides is 1. The summed E-state index contributed by atoms with van der Waals surface area (Å²) >= 11 is 0. The quantitative estimate of drug-likeness (QED) is 0.596. The van der Waals surface area contributed by atoms with Crippen LogP contribution in [0.25, 0.3) is 0 Å². The van der Waals surface area contributed by atoms with E-state index in [1.807, 2.05) is 12.1 Å². The zero-order valence-corrected chi connectivity index (χ0v) is 8.49. The third kappa shape index (κ3) is 2.18. The fraction of sp³-hybridized carbons (Fsp3) is 0.556. The van der Waals surface area contributed by atoms with Crippen molar-refractivity contribution < 1.29 is 9.59 Å². The van der Waals surface area contributed by atoms with Crippen LogP contribution >= 0.6 is 0 Å². The molecule has 1 aliphatic heterocycles. The van der Waals surface area contributed by atoms with Crippen LogP contribution in [0.15, 0.2) is 11.8 Å². The molecule has 5 nitrogen and oxygen atoms in total. The van der Waals surface area contributed by atoms with Crippen LogP contribution in [0.3, 0.4) is 0 Å². The molecule has 0 bridgehead atoms. The van der Waals surface area contributed by atoms with Gasteiger partial charge in [0.15, 0.2) is 5.78 Å². The van der Waals surface area contributed by atoms with Gasteiger partial charge in [-0.05, 0) is 13.1 Å². The van der Waals surface area contributed by atoms with E-state index in [2.05, 4.69) is 5.32 Å². The number of hydrogen-bond acceptors (Lipinski definition) is 4. The van der Waals surface area contributed by atoms with Crippen LogP contribution in [0.5, 0.6) is 0 Å². The molecule has 0 fully saturated rings. The number of nitrogens with zero attached hydrogens (tertiary/aromatic N) is 2. The molecule has 0 aromatic carbocycles. The van der Waals surface area contributed by atoms with Gasteiger partial charge >= 0.3 is 0 Å². The molecule has 0 aliphatic carbocycles. The van der Waals surface area contributed by atoms with Crippen LogP contribution in [-0.2, 0) is 9.59 Å². The topological polar surface area (TPSA) is 52.7 Å². The standard InChI is InChI=1S/C9H15N3O2/c1-8(14)9-3-5-11(6-4-10-2)12(9)7-13/h3,7,10H,4-6H2,1-2H3. The molecule has 0 aromatic heterocycles. The molecule has 0 aromatic rings. The van der Waals surface area contributed by atoms with Crippen molar-refractivity contribution in [3.05, 3.63) is 11.8 Å². The van der Waals surface area contributed by atoms with Crippen LogP contribution in [0.2, 0.25) is 0 Å². The fourth-order valence-corrected chi connectivity index (χ4v) is 1.39. The maximum atomic E-state index is 11.1. The Hall–Kier alpha value is -1.20. The Morgan fingerprint density at radius 2 is 2.43 bits per heavy atom. The Bertz CT molecular complexity index is 263. The Labute approximate surface area is 83.3 Å². The average molecular weight is 197 g/mol. The van der Waals surface area contributed by atoms with Crippen LogP contribution in [0.4, 0.5) is 0 Å². The smallest absolute Gasteiger partial charge is 0.228 e. The van der Waals surface area contributed by atoms with Gasteiger partial charge in [0.25, 0.3) is 0 Å². The van der Waals surface area contributed by atoms with Gasteiger partial charge in [-0.2, -0.15) is 0 Å². The Kier molecular flexibility index (Phi) is 3.79. The minimum absolute atomic E-state index is 0.0796. The summed E-state index contributed by atoms with van der Waals surface area (Å²) in [6.45, 7) is 3.57. The molecule has 1 amide bonds. The molecule has 0 unspecified atom stereocenters. The molecule has 0 spiro atoms. The van der Waals surface area contributed by atoms with E-state index in [-0.39, 0.29) is 5.78 Å². The molecule has 0 atom stereocenters. The molecule has 0 radical (unpaired) electrons. The number of Topliss-reactive ketones (excluding diaryl/α,β-unsaturated/α-hetero) is 1. The number of hydrazine groups is 1. The lowest BCUT2D eigenvalue weighted by Gasteiger charge is -2.25.